The summed E-state index contributed by atoms with van der Waals surface area (Å²) in [6.07, 6.45) is 19.1. The lowest BCUT2D eigenvalue weighted by Crippen LogP contribution is -2.40. The summed E-state index contributed by atoms with van der Waals surface area (Å²) < 4.78 is 0. The number of nitrogens with one attached hydrogen (secondary N) is 1. The van der Waals surface area contributed by atoms with E-state index in [1.165, 1.54) is 73.6 Å². The topological polar surface area (TPSA) is 32.3 Å². The molecule has 0 amide bonds. The van der Waals surface area contributed by atoms with Gasteiger partial charge in [0, 0.05) is 32.1 Å². The maximum absolute atomic E-state index is 10.2. The Balaban J connectivity index is 0.000000247. The molecule has 0 spiro atoms. The summed E-state index contributed by atoms with van der Waals surface area (Å²) in [4.78, 5) is 12.8. The lowest BCUT2D eigenvalue weighted by atomic mass is 9.83. The number of hydrogen-bond donors (Lipinski definition) is 1. The minimum absolute atomic E-state index is 0.354. The fourth-order valence-electron chi connectivity index (χ4n) is 6.95. The van der Waals surface area contributed by atoms with E-state index in [1.807, 2.05) is 12.1 Å². The minimum Gasteiger partial charge on any atom is -0.309 e. The molecule has 57 heavy (non-hydrogen) atoms. The molecule has 2 fully saturated rings. The summed E-state index contributed by atoms with van der Waals surface area (Å²) in [6, 6.07) is 43.1. The molecule has 6 rings (SSSR count). The van der Waals surface area contributed by atoms with E-state index in [0.29, 0.717) is 17.9 Å². The van der Waals surface area contributed by atoms with E-state index in [9.17, 15) is 4.79 Å². The van der Waals surface area contributed by atoms with Crippen LogP contribution in [0, 0.1) is 35.3 Å². The summed E-state index contributed by atoms with van der Waals surface area (Å²) in [5, 5.41) is 3.42. The fraction of sp³-hybridized carbons (Fsp3) is 0.442. The van der Waals surface area contributed by atoms with Gasteiger partial charge in [0.05, 0.1) is 6.04 Å². The van der Waals surface area contributed by atoms with Crippen LogP contribution in [0.3, 0.4) is 0 Å². The number of terminal acetylenes is 1. The van der Waals surface area contributed by atoms with Gasteiger partial charge in [-0.05, 0) is 53.9 Å². The van der Waals surface area contributed by atoms with Crippen LogP contribution in [0.5, 0.6) is 0 Å². The molecule has 0 aromatic heterocycles. The second-order valence-electron chi connectivity index (χ2n) is 17.7. The van der Waals surface area contributed by atoms with Gasteiger partial charge in [0.15, 0.2) is 0 Å². The summed E-state index contributed by atoms with van der Waals surface area (Å²) in [6.45, 7) is 17.3. The summed E-state index contributed by atoms with van der Waals surface area (Å²) in [5.41, 5.74) is 11.9. The van der Waals surface area contributed by atoms with E-state index in [4.69, 9.17) is 6.42 Å². The van der Waals surface area contributed by atoms with Crippen LogP contribution in [-0.4, -0.2) is 33.4 Å². The predicted octanol–water partition coefficient (Wildman–Crippen LogP) is 12.8. The zero-order valence-corrected chi connectivity index (χ0v) is 38.2. The van der Waals surface area contributed by atoms with Crippen molar-refractivity contribution in [3.8, 4) is 23.4 Å². The van der Waals surface area contributed by atoms with Crippen molar-refractivity contribution in [1.82, 2.24) is 10.2 Å². The molecule has 4 aromatic carbocycles. The molecule has 0 unspecified atom stereocenters. The molecule has 0 heterocycles. The highest BCUT2D eigenvalue weighted by Gasteiger charge is 2.28. The summed E-state index contributed by atoms with van der Waals surface area (Å²) >= 11 is 0. The Kier molecular flexibility index (Phi) is 22.3. The Hall–Kier alpha value is -3.98. The van der Waals surface area contributed by atoms with Gasteiger partial charge in [-0.15, -0.1) is 17.5 Å². The van der Waals surface area contributed by atoms with Crippen molar-refractivity contribution in [2.24, 2.45) is 11.8 Å². The number of aldehydes is 1. The average Bonchev–Trinajstić information content (AvgIpc) is 3.23. The zero-order chi connectivity index (χ0) is 41.2. The van der Waals surface area contributed by atoms with Crippen molar-refractivity contribution in [3.63, 3.8) is 0 Å². The number of rotatable bonds is 11. The van der Waals surface area contributed by atoms with Crippen molar-refractivity contribution >= 4 is 22.4 Å². The van der Waals surface area contributed by atoms with Gasteiger partial charge in [-0.3, -0.25) is 4.90 Å². The van der Waals surface area contributed by atoms with E-state index in [2.05, 4.69) is 176 Å². The second-order valence-corrected chi connectivity index (χ2v) is 27.3. The van der Waals surface area contributed by atoms with Gasteiger partial charge in [-0.2, -0.15) is 0 Å². The first kappa shape index (κ1) is 47.4. The third-order valence-corrected chi connectivity index (χ3v) is 11.9. The van der Waals surface area contributed by atoms with Gasteiger partial charge in [-0.25, -0.2) is 0 Å². The molecule has 1 N–H and O–H groups in total. The smallest absolute Gasteiger partial charge is 0.129 e. The van der Waals surface area contributed by atoms with Crippen LogP contribution in [0.2, 0.25) is 39.3 Å². The molecule has 0 saturated heterocycles. The van der Waals surface area contributed by atoms with Crippen molar-refractivity contribution in [2.45, 2.75) is 136 Å². The molecule has 0 bridgehead atoms. The molecule has 4 aromatic rings. The van der Waals surface area contributed by atoms with Gasteiger partial charge in [0.25, 0.3) is 0 Å². The highest BCUT2D eigenvalue weighted by atomic mass is 28.3. The van der Waals surface area contributed by atoms with E-state index < -0.39 is 16.1 Å². The Labute approximate surface area is 350 Å². The first-order valence-corrected chi connectivity index (χ1v) is 28.5. The first-order chi connectivity index (χ1) is 27.5. The maximum Gasteiger partial charge on any atom is 0.129 e. The molecule has 304 valence electrons. The quantitative estimate of drug-likeness (QED) is 0.0932. The van der Waals surface area contributed by atoms with Gasteiger partial charge >= 0.3 is 0 Å². The van der Waals surface area contributed by atoms with Crippen molar-refractivity contribution in [2.75, 3.05) is 0 Å². The Morgan fingerprint density at radius 3 is 1.30 bits per heavy atom. The number of benzene rings is 4. The molecule has 0 aliphatic heterocycles. The van der Waals surface area contributed by atoms with E-state index >= 15 is 0 Å². The van der Waals surface area contributed by atoms with Crippen LogP contribution in [0.25, 0.3) is 0 Å². The van der Waals surface area contributed by atoms with Crippen LogP contribution in [0.1, 0.15) is 86.5 Å². The lowest BCUT2D eigenvalue weighted by molar-refractivity contribution is -0.111. The van der Waals surface area contributed by atoms with Gasteiger partial charge in [0.1, 0.15) is 22.4 Å². The third kappa shape index (κ3) is 21.9. The van der Waals surface area contributed by atoms with E-state index in [1.54, 1.807) is 0 Å². The van der Waals surface area contributed by atoms with Crippen LogP contribution in [0.4, 0.5) is 0 Å². The molecular weight excluding hydrogens is 725 g/mol. The first-order valence-electron chi connectivity index (χ1n) is 21.5. The highest BCUT2D eigenvalue weighted by molar-refractivity contribution is 6.84. The molecule has 3 nitrogen and oxygen atoms in total. The minimum atomic E-state index is -1.40. The molecule has 2 aliphatic rings. The Bertz CT molecular complexity index is 1640. The van der Waals surface area contributed by atoms with Gasteiger partial charge < -0.3 is 10.1 Å². The molecule has 0 radical (unpaired) electrons. The van der Waals surface area contributed by atoms with Crippen molar-refractivity contribution < 1.29 is 4.79 Å². The Morgan fingerprint density at radius 1 is 0.596 bits per heavy atom. The fourth-order valence-corrected chi connectivity index (χ4v) is 7.53. The number of carbonyl (C=O) groups is 1. The van der Waals surface area contributed by atoms with Gasteiger partial charge in [0.2, 0.25) is 0 Å². The molecule has 2 aliphatic carbocycles. The molecule has 5 heteroatoms. The molecular formula is C52H72N2OSi2. The standard InChI is InChI=1S/C26H35NSi.C14H15N.C7H12O.C5H10Si/c1-28(2,3)20-19-26(25-17-11-6-12-18-25)27(21-23-13-7-4-8-14-23)22-24-15-9-5-10-16-24;1-3-7-13(8-4-1)11-15-12-14-9-5-2-6-10-14;8-6-7-4-2-1-3-5-7;1-5-6(2,3)4/h4-5,7-10,13-16,25-26H,6,11-12,17-18,21-22H2,1-3H3;1-10,15H,11-12H2;6-7H,1-5H2;1H,2-4H3/t26-;;;/m0.../s1. The number of carbonyl (C=O) groups excluding carboxylic acids is 1. The van der Waals surface area contributed by atoms with Crippen LogP contribution in [-0.2, 0) is 31.0 Å². The van der Waals surface area contributed by atoms with Gasteiger partial charge in [-0.1, -0.05) is 205 Å². The highest BCUT2D eigenvalue weighted by Crippen LogP contribution is 2.31. The van der Waals surface area contributed by atoms with Crippen molar-refractivity contribution in [3.05, 3.63) is 144 Å². The monoisotopic (exact) mass is 797 g/mol. The van der Waals surface area contributed by atoms with E-state index in [0.717, 1.165) is 45.3 Å². The average molecular weight is 797 g/mol. The van der Waals surface area contributed by atoms with Crippen LogP contribution < -0.4 is 5.32 Å². The van der Waals surface area contributed by atoms with E-state index in [-0.39, 0.29) is 0 Å². The third-order valence-electron chi connectivity index (χ3n) is 10.2. The Morgan fingerprint density at radius 2 is 0.965 bits per heavy atom. The largest absolute Gasteiger partial charge is 0.309 e. The lowest BCUT2D eigenvalue weighted by Gasteiger charge is -2.36. The molecule has 2 saturated carbocycles. The van der Waals surface area contributed by atoms with Crippen molar-refractivity contribution in [1.29, 1.82) is 0 Å². The molecule has 1 atom stereocenters. The number of nitrogens with zero attached hydrogens (tertiary/aromatic N) is 1. The summed E-state index contributed by atoms with van der Waals surface area (Å²) in [7, 11) is -2.50. The van der Waals surface area contributed by atoms with Crippen LogP contribution in [0.15, 0.2) is 121 Å². The summed E-state index contributed by atoms with van der Waals surface area (Å²) in [5.74, 6) is 4.91. The predicted molar refractivity (Wildman–Crippen MR) is 252 cm³/mol. The second kappa shape index (κ2) is 26.8. The normalized spacial score (nSPS) is 15.1. The van der Waals surface area contributed by atoms with Crippen LogP contribution >= 0.6 is 0 Å². The SMILES string of the molecule is C#C[Si](C)(C)C.C[Si](C)(C)C#C[C@@H](C1CCCCC1)N(Cc1ccccc1)Cc1ccccc1.O=CC1CCCCC1.c1ccc(CNCc2ccccc2)cc1. The maximum atomic E-state index is 10.2. The number of hydrogen-bond acceptors (Lipinski definition) is 3. The zero-order valence-electron chi connectivity index (χ0n) is 36.2.